The van der Waals surface area contributed by atoms with Gasteiger partial charge in [-0.1, -0.05) is 12.1 Å². The van der Waals surface area contributed by atoms with Crippen LogP contribution in [-0.2, 0) is 19.5 Å². The summed E-state index contributed by atoms with van der Waals surface area (Å²) in [5.41, 5.74) is 2.97. The number of hydrogen-bond acceptors (Lipinski definition) is 5. The Labute approximate surface area is 174 Å². The molecule has 0 saturated carbocycles. The lowest BCUT2D eigenvalue weighted by molar-refractivity contribution is 0.0757. The predicted octanol–water partition coefficient (Wildman–Crippen LogP) is 3.44. The summed E-state index contributed by atoms with van der Waals surface area (Å²) < 4.78 is 1.76. The van der Waals surface area contributed by atoms with Crippen LogP contribution in [0.1, 0.15) is 40.0 Å². The Bertz CT molecular complexity index is 1130. The van der Waals surface area contributed by atoms with Gasteiger partial charge in [-0.2, -0.15) is 0 Å². The van der Waals surface area contributed by atoms with Crippen molar-refractivity contribution in [3.63, 3.8) is 0 Å². The summed E-state index contributed by atoms with van der Waals surface area (Å²) in [5, 5.41) is 0.607. The van der Waals surface area contributed by atoms with Crippen molar-refractivity contribution >= 4 is 33.1 Å². The van der Waals surface area contributed by atoms with Crippen molar-refractivity contribution in [3.05, 3.63) is 56.4 Å². The summed E-state index contributed by atoms with van der Waals surface area (Å²) in [7, 11) is 4.02. The predicted molar refractivity (Wildman–Crippen MR) is 118 cm³/mol. The summed E-state index contributed by atoms with van der Waals surface area (Å²) in [5.74, 6) is 0.810. The monoisotopic (exact) mass is 410 g/mol. The maximum atomic E-state index is 13.3. The molecule has 1 aliphatic rings. The van der Waals surface area contributed by atoms with Gasteiger partial charge in [-0.05, 0) is 43.5 Å². The molecule has 0 saturated heterocycles. The van der Waals surface area contributed by atoms with Crippen molar-refractivity contribution < 1.29 is 4.79 Å². The third kappa shape index (κ3) is 3.44. The van der Waals surface area contributed by atoms with Crippen LogP contribution in [0, 0.1) is 6.92 Å². The highest BCUT2D eigenvalue weighted by atomic mass is 32.1. The molecule has 1 amide bonds. The summed E-state index contributed by atoms with van der Waals surface area (Å²) in [6, 6.07) is 8.23. The number of carbonyl (C=O) groups is 1. The van der Waals surface area contributed by atoms with Gasteiger partial charge in [0.05, 0.1) is 10.3 Å². The molecule has 3 heterocycles. The molecule has 1 aromatic carbocycles. The topological polar surface area (TPSA) is 58.4 Å². The first-order chi connectivity index (χ1) is 13.9. The van der Waals surface area contributed by atoms with Crippen LogP contribution in [0.25, 0.3) is 10.2 Å². The van der Waals surface area contributed by atoms with Gasteiger partial charge in [-0.25, -0.2) is 4.98 Å². The van der Waals surface area contributed by atoms with Crippen LogP contribution >= 0.6 is 11.3 Å². The van der Waals surface area contributed by atoms with Gasteiger partial charge in [0.2, 0.25) is 0 Å². The van der Waals surface area contributed by atoms with E-state index in [9.17, 15) is 9.59 Å². The Balaban J connectivity index is 1.65. The second kappa shape index (κ2) is 7.63. The van der Waals surface area contributed by atoms with Crippen LogP contribution in [0.2, 0.25) is 0 Å². The van der Waals surface area contributed by atoms with E-state index in [0.717, 1.165) is 42.0 Å². The number of thiophene rings is 1. The second-order valence-electron chi connectivity index (χ2n) is 7.70. The number of amides is 1. The van der Waals surface area contributed by atoms with Gasteiger partial charge in [0, 0.05) is 45.8 Å². The molecular formula is C22H26N4O2S. The molecule has 0 radical (unpaired) electrons. The standard InChI is InChI=1S/C22H26N4O2S/c1-5-25(13-15-8-10-16(11-9-15)24(3)4)22(28)19-14(2)18-20(29-19)23-17-7-6-12-26(17)21(18)27/h8-11H,5-7,12-13H2,1-4H3. The van der Waals surface area contributed by atoms with E-state index in [4.69, 9.17) is 0 Å². The van der Waals surface area contributed by atoms with E-state index in [1.807, 2.05) is 32.8 Å². The highest BCUT2D eigenvalue weighted by Gasteiger charge is 2.25. The van der Waals surface area contributed by atoms with Crippen molar-refractivity contribution in [1.82, 2.24) is 14.5 Å². The van der Waals surface area contributed by atoms with Gasteiger partial charge < -0.3 is 9.80 Å². The molecule has 2 aromatic heterocycles. The molecule has 0 spiro atoms. The molecule has 152 valence electrons. The zero-order chi connectivity index (χ0) is 20.7. The van der Waals surface area contributed by atoms with Crippen molar-refractivity contribution in [2.24, 2.45) is 0 Å². The molecular weight excluding hydrogens is 384 g/mol. The van der Waals surface area contributed by atoms with Crippen LogP contribution in [0.15, 0.2) is 29.1 Å². The van der Waals surface area contributed by atoms with Crippen molar-refractivity contribution in [2.45, 2.75) is 39.8 Å². The van der Waals surface area contributed by atoms with Gasteiger partial charge >= 0.3 is 0 Å². The van der Waals surface area contributed by atoms with Crippen LogP contribution in [0.4, 0.5) is 5.69 Å². The van der Waals surface area contributed by atoms with Crippen LogP contribution in [0.3, 0.4) is 0 Å². The quantitative estimate of drug-likeness (QED) is 0.647. The molecule has 6 nitrogen and oxygen atoms in total. The van der Waals surface area contributed by atoms with Gasteiger partial charge in [0.25, 0.3) is 11.5 Å². The summed E-state index contributed by atoms with van der Waals surface area (Å²) in [4.78, 5) is 36.1. The SMILES string of the molecule is CCN(Cc1ccc(N(C)C)cc1)C(=O)c1sc2nc3n(c(=O)c2c1C)CCC3. The Kier molecular flexibility index (Phi) is 5.17. The maximum Gasteiger partial charge on any atom is 0.264 e. The normalized spacial score (nSPS) is 13.0. The minimum atomic E-state index is -0.0331. The first-order valence-corrected chi connectivity index (χ1v) is 10.8. The zero-order valence-electron chi connectivity index (χ0n) is 17.4. The number of carbonyl (C=O) groups excluding carboxylic acids is 1. The fraction of sp³-hybridized carbons (Fsp3) is 0.409. The first kappa shape index (κ1) is 19.6. The van der Waals surface area contributed by atoms with E-state index < -0.39 is 0 Å². The third-order valence-electron chi connectivity index (χ3n) is 5.60. The number of anilines is 1. The van der Waals surface area contributed by atoms with E-state index in [1.165, 1.54) is 11.3 Å². The number of fused-ring (bicyclic) bond motifs is 2. The number of nitrogens with zero attached hydrogens (tertiary/aromatic N) is 4. The number of hydrogen-bond donors (Lipinski definition) is 0. The van der Waals surface area contributed by atoms with E-state index in [0.29, 0.717) is 28.2 Å². The molecule has 0 bridgehead atoms. The Morgan fingerprint density at radius 3 is 2.62 bits per heavy atom. The van der Waals surface area contributed by atoms with E-state index in [-0.39, 0.29) is 11.5 Å². The highest BCUT2D eigenvalue weighted by Crippen LogP contribution is 2.30. The fourth-order valence-electron chi connectivity index (χ4n) is 3.87. The molecule has 3 aromatic rings. The number of aryl methyl sites for hydroxylation is 2. The van der Waals surface area contributed by atoms with Crippen LogP contribution in [-0.4, -0.2) is 41.0 Å². The lowest BCUT2D eigenvalue weighted by Crippen LogP contribution is -2.30. The minimum absolute atomic E-state index is 0.00220. The Hall–Kier alpha value is -2.67. The molecule has 29 heavy (non-hydrogen) atoms. The van der Waals surface area contributed by atoms with Crippen molar-refractivity contribution in [2.75, 3.05) is 25.5 Å². The average Bonchev–Trinajstić information content (AvgIpc) is 3.31. The van der Waals surface area contributed by atoms with E-state index in [1.54, 1.807) is 4.57 Å². The largest absolute Gasteiger partial charge is 0.378 e. The van der Waals surface area contributed by atoms with Gasteiger partial charge in [-0.3, -0.25) is 14.2 Å². The second-order valence-corrected chi connectivity index (χ2v) is 8.70. The first-order valence-electron chi connectivity index (χ1n) is 9.99. The molecule has 0 aliphatic carbocycles. The lowest BCUT2D eigenvalue weighted by atomic mass is 10.1. The van der Waals surface area contributed by atoms with Crippen LogP contribution < -0.4 is 10.5 Å². The summed E-state index contributed by atoms with van der Waals surface area (Å²) in [6.45, 7) is 5.72. The Morgan fingerprint density at radius 1 is 1.24 bits per heavy atom. The van der Waals surface area contributed by atoms with Gasteiger partial charge in [-0.15, -0.1) is 11.3 Å². The van der Waals surface area contributed by atoms with Crippen molar-refractivity contribution in [3.8, 4) is 0 Å². The van der Waals surface area contributed by atoms with Gasteiger partial charge in [0.15, 0.2) is 0 Å². The van der Waals surface area contributed by atoms with E-state index in [2.05, 4.69) is 34.1 Å². The lowest BCUT2D eigenvalue weighted by Gasteiger charge is -2.21. The summed E-state index contributed by atoms with van der Waals surface area (Å²) in [6.07, 6.45) is 1.79. The minimum Gasteiger partial charge on any atom is -0.378 e. The average molecular weight is 411 g/mol. The molecule has 0 fully saturated rings. The Morgan fingerprint density at radius 2 is 1.97 bits per heavy atom. The summed E-state index contributed by atoms with van der Waals surface area (Å²) >= 11 is 1.35. The maximum absolute atomic E-state index is 13.3. The van der Waals surface area contributed by atoms with E-state index >= 15 is 0 Å². The number of benzene rings is 1. The molecule has 4 rings (SSSR count). The number of rotatable bonds is 5. The fourth-order valence-corrected chi connectivity index (χ4v) is 5.03. The molecule has 0 atom stereocenters. The molecule has 1 aliphatic heterocycles. The van der Waals surface area contributed by atoms with Gasteiger partial charge in [0.1, 0.15) is 10.7 Å². The third-order valence-corrected chi connectivity index (χ3v) is 6.77. The molecule has 0 unspecified atom stereocenters. The number of aromatic nitrogens is 2. The van der Waals surface area contributed by atoms with Crippen LogP contribution in [0.5, 0.6) is 0 Å². The smallest absolute Gasteiger partial charge is 0.264 e. The van der Waals surface area contributed by atoms with Crippen molar-refractivity contribution in [1.29, 1.82) is 0 Å². The molecule has 0 N–H and O–H groups in total. The highest BCUT2D eigenvalue weighted by molar-refractivity contribution is 7.20. The zero-order valence-corrected chi connectivity index (χ0v) is 18.2. The molecule has 7 heteroatoms.